The van der Waals surface area contributed by atoms with Crippen molar-refractivity contribution in [3.8, 4) is 45.1 Å². The van der Waals surface area contributed by atoms with E-state index in [0.29, 0.717) is 39.6 Å². The summed E-state index contributed by atoms with van der Waals surface area (Å²) in [6.07, 6.45) is 3.08. The SMILES string of the molecule is COc1cc(-c2cccc(-c3cccc(-c4ccc(C=O)c(OC)n4)c3Cl)c2Cl)cc2c1CN(CC1CCC(=O)N1)CC2. The first-order valence-corrected chi connectivity index (χ1v) is 15.0. The van der Waals surface area contributed by atoms with Crippen LogP contribution in [-0.2, 0) is 17.8 Å². The number of hydrogen-bond donors (Lipinski definition) is 1. The summed E-state index contributed by atoms with van der Waals surface area (Å²) in [5, 5.41) is 4.16. The van der Waals surface area contributed by atoms with Crippen LogP contribution in [-0.4, -0.2) is 55.4 Å². The van der Waals surface area contributed by atoms with Gasteiger partial charge in [-0.15, -0.1) is 0 Å². The molecule has 0 aliphatic carbocycles. The van der Waals surface area contributed by atoms with Crippen LogP contribution in [0.3, 0.4) is 0 Å². The number of pyridine rings is 1. The Kier molecular flexibility index (Phi) is 8.39. The molecule has 1 atom stereocenters. The molecule has 1 aromatic heterocycles. The normalized spacial score (nSPS) is 16.5. The van der Waals surface area contributed by atoms with Gasteiger partial charge in [0.05, 0.1) is 35.5 Å². The van der Waals surface area contributed by atoms with Crippen LogP contribution >= 0.6 is 23.2 Å². The van der Waals surface area contributed by atoms with E-state index in [1.165, 1.54) is 18.2 Å². The van der Waals surface area contributed by atoms with Gasteiger partial charge in [-0.25, -0.2) is 4.98 Å². The number of methoxy groups -OCH3 is 2. The standard InChI is InChI=1S/C34H31Cl2N3O4/c1-42-30-16-22(15-20-13-14-39(18-28(20)30)17-23-10-12-31(41)37-23)24-5-3-6-25(32(24)35)26-7-4-8-27(33(26)36)29-11-9-21(19-40)34(38-29)43-2/h3-9,11,15-16,19,23H,10,12-14,17-18H2,1-2H3,(H,37,41). The van der Waals surface area contributed by atoms with E-state index in [2.05, 4.69) is 21.3 Å². The van der Waals surface area contributed by atoms with Crippen molar-refractivity contribution in [2.24, 2.45) is 0 Å². The summed E-state index contributed by atoms with van der Waals surface area (Å²) in [5.74, 6) is 1.21. The summed E-state index contributed by atoms with van der Waals surface area (Å²) in [4.78, 5) is 29.9. The molecule has 43 heavy (non-hydrogen) atoms. The molecule has 1 amide bonds. The van der Waals surface area contributed by atoms with Crippen LogP contribution in [0.2, 0.25) is 10.0 Å². The molecule has 1 fully saturated rings. The molecule has 0 bridgehead atoms. The van der Waals surface area contributed by atoms with Gasteiger partial charge in [0.25, 0.3) is 0 Å². The Balaban J connectivity index is 1.33. The Morgan fingerprint density at radius 1 is 0.953 bits per heavy atom. The van der Waals surface area contributed by atoms with Gasteiger partial charge in [-0.2, -0.15) is 0 Å². The number of nitrogens with zero attached hydrogens (tertiary/aromatic N) is 2. The number of carbonyl (C=O) groups excluding carboxylic acids is 2. The Morgan fingerprint density at radius 3 is 2.35 bits per heavy atom. The zero-order valence-electron chi connectivity index (χ0n) is 24.0. The molecule has 6 rings (SSSR count). The van der Waals surface area contributed by atoms with Gasteiger partial charge < -0.3 is 14.8 Å². The van der Waals surface area contributed by atoms with E-state index in [1.807, 2.05) is 42.5 Å². The molecule has 1 N–H and O–H groups in total. The third-order valence-corrected chi connectivity index (χ3v) is 9.06. The number of halogens is 2. The summed E-state index contributed by atoms with van der Waals surface area (Å²) in [6.45, 7) is 2.52. The average Bonchev–Trinajstić information content (AvgIpc) is 3.44. The zero-order chi connectivity index (χ0) is 30.1. The van der Waals surface area contributed by atoms with Crippen molar-refractivity contribution in [1.29, 1.82) is 0 Å². The largest absolute Gasteiger partial charge is 0.496 e. The summed E-state index contributed by atoms with van der Waals surface area (Å²) in [6, 6.07) is 19.5. The number of amides is 1. The molecule has 1 saturated heterocycles. The summed E-state index contributed by atoms with van der Waals surface area (Å²) in [5.41, 5.74) is 7.49. The van der Waals surface area contributed by atoms with Crippen molar-refractivity contribution in [1.82, 2.24) is 15.2 Å². The molecule has 3 aromatic carbocycles. The van der Waals surface area contributed by atoms with Crippen LogP contribution < -0.4 is 14.8 Å². The minimum absolute atomic E-state index is 0.141. The van der Waals surface area contributed by atoms with E-state index in [0.717, 1.165) is 60.5 Å². The molecule has 3 heterocycles. The Hall–Kier alpha value is -3.91. The highest BCUT2D eigenvalue weighted by Crippen LogP contribution is 2.44. The van der Waals surface area contributed by atoms with E-state index < -0.39 is 0 Å². The Bertz CT molecular complexity index is 1710. The monoisotopic (exact) mass is 615 g/mol. The summed E-state index contributed by atoms with van der Waals surface area (Å²) >= 11 is 14.1. The molecule has 0 saturated carbocycles. The van der Waals surface area contributed by atoms with E-state index >= 15 is 0 Å². The van der Waals surface area contributed by atoms with E-state index in [-0.39, 0.29) is 17.8 Å². The van der Waals surface area contributed by atoms with Crippen LogP contribution in [0.15, 0.2) is 60.7 Å². The Labute approximate surface area is 260 Å². The number of nitrogens with one attached hydrogen (secondary N) is 1. The third-order valence-electron chi connectivity index (χ3n) is 8.25. The zero-order valence-corrected chi connectivity index (χ0v) is 25.5. The van der Waals surface area contributed by atoms with Crippen molar-refractivity contribution < 1.29 is 19.1 Å². The van der Waals surface area contributed by atoms with E-state index in [9.17, 15) is 9.59 Å². The van der Waals surface area contributed by atoms with Gasteiger partial charge in [-0.3, -0.25) is 14.5 Å². The van der Waals surface area contributed by atoms with Crippen LogP contribution in [0.5, 0.6) is 11.6 Å². The number of carbonyl (C=O) groups is 2. The second kappa shape index (κ2) is 12.4. The molecule has 9 heteroatoms. The lowest BCUT2D eigenvalue weighted by molar-refractivity contribution is -0.119. The lowest BCUT2D eigenvalue weighted by Crippen LogP contribution is -2.41. The number of fused-ring (bicyclic) bond motifs is 1. The highest BCUT2D eigenvalue weighted by molar-refractivity contribution is 6.39. The number of hydrogen-bond acceptors (Lipinski definition) is 6. The smallest absolute Gasteiger partial charge is 0.224 e. The minimum atomic E-state index is 0.141. The summed E-state index contributed by atoms with van der Waals surface area (Å²) in [7, 11) is 3.18. The molecular weight excluding hydrogens is 585 g/mol. The van der Waals surface area contributed by atoms with Crippen molar-refractivity contribution in [2.75, 3.05) is 27.3 Å². The number of aromatic nitrogens is 1. The molecule has 0 radical (unpaired) electrons. The van der Waals surface area contributed by atoms with Crippen molar-refractivity contribution in [2.45, 2.75) is 31.8 Å². The molecule has 2 aliphatic heterocycles. The maximum absolute atomic E-state index is 11.7. The van der Waals surface area contributed by atoms with Gasteiger partial charge in [-0.05, 0) is 42.2 Å². The Morgan fingerprint density at radius 2 is 1.67 bits per heavy atom. The minimum Gasteiger partial charge on any atom is -0.496 e. The van der Waals surface area contributed by atoms with Gasteiger partial charge in [0, 0.05) is 59.9 Å². The van der Waals surface area contributed by atoms with Crippen LogP contribution in [0, 0.1) is 0 Å². The highest BCUT2D eigenvalue weighted by Gasteiger charge is 2.27. The molecule has 220 valence electrons. The lowest BCUT2D eigenvalue weighted by atomic mass is 9.91. The molecule has 2 aliphatic rings. The first-order chi connectivity index (χ1) is 20.9. The van der Waals surface area contributed by atoms with Crippen LogP contribution in [0.1, 0.15) is 34.3 Å². The van der Waals surface area contributed by atoms with Gasteiger partial charge in [-0.1, -0.05) is 65.7 Å². The fraction of sp³-hybridized carbons (Fsp3) is 0.265. The van der Waals surface area contributed by atoms with Gasteiger partial charge in [0.15, 0.2) is 6.29 Å². The number of benzene rings is 3. The summed E-state index contributed by atoms with van der Waals surface area (Å²) < 4.78 is 11.2. The van der Waals surface area contributed by atoms with Crippen molar-refractivity contribution >= 4 is 35.4 Å². The van der Waals surface area contributed by atoms with Crippen LogP contribution in [0.25, 0.3) is 33.5 Å². The van der Waals surface area contributed by atoms with Gasteiger partial charge in [0.1, 0.15) is 5.75 Å². The predicted molar refractivity (Wildman–Crippen MR) is 169 cm³/mol. The maximum atomic E-state index is 11.7. The second-order valence-corrected chi connectivity index (χ2v) is 11.6. The molecule has 1 unspecified atom stereocenters. The quantitative estimate of drug-likeness (QED) is 0.218. The molecule has 0 spiro atoms. The first-order valence-electron chi connectivity index (χ1n) is 14.2. The average molecular weight is 617 g/mol. The third kappa shape index (κ3) is 5.73. The van der Waals surface area contributed by atoms with E-state index in [1.54, 1.807) is 19.2 Å². The predicted octanol–water partition coefficient (Wildman–Crippen LogP) is 6.86. The van der Waals surface area contributed by atoms with Crippen molar-refractivity contribution in [3.63, 3.8) is 0 Å². The number of aldehydes is 1. The molecule has 7 nitrogen and oxygen atoms in total. The number of ether oxygens (including phenoxy) is 2. The second-order valence-electron chi connectivity index (χ2n) is 10.9. The highest BCUT2D eigenvalue weighted by atomic mass is 35.5. The van der Waals surface area contributed by atoms with Gasteiger partial charge >= 0.3 is 0 Å². The van der Waals surface area contributed by atoms with E-state index in [4.69, 9.17) is 32.7 Å². The maximum Gasteiger partial charge on any atom is 0.224 e. The molecular formula is C34H31Cl2N3O4. The molecule has 4 aromatic rings. The van der Waals surface area contributed by atoms with Gasteiger partial charge in [0.2, 0.25) is 11.8 Å². The lowest BCUT2D eigenvalue weighted by Gasteiger charge is -2.32. The first kappa shape index (κ1) is 29.2. The number of rotatable bonds is 8. The fourth-order valence-electron chi connectivity index (χ4n) is 6.06. The van der Waals surface area contributed by atoms with Crippen LogP contribution in [0.4, 0.5) is 0 Å². The van der Waals surface area contributed by atoms with Crippen molar-refractivity contribution in [3.05, 3.63) is 87.4 Å². The fourth-order valence-corrected chi connectivity index (χ4v) is 6.72. The topological polar surface area (TPSA) is 80.8 Å².